The van der Waals surface area contributed by atoms with E-state index in [0.29, 0.717) is 0 Å². The number of aliphatic hydroxyl groups is 1. The summed E-state index contributed by atoms with van der Waals surface area (Å²) in [5.41, 5.74) is 0.578. The zero-order valence-electron chi connectivity index (χ0n) is 9.24. The Bertz CT molecular complexity index is 302. The lowest BCUT2D eigenvalue weighted by Crippen LogP contribution is -2.46. The third-order valence-electron chi connectivity index (χ3n) is 3.22. The van der Waals surface area contributed by atoms with Crippen LogP contribution in [0.3, 0.4) is 0 Å². The lowest BCUT2D eigenvalue weighted by molar-refractivity contribution is 0.0262. The van der Waals surface area contributed by atoms with Crippen LogP contribution in [0.5, 0.6) is 0 Å². The first-order valence-electron chi connectivity index (χ1n) is 5.68. The largest absolute Gasteiger partial charge is 0.388 e. The van der Waals surface area contributed by atoms with Crippen molar-refractivity contribution < 1.29 is 5.11 Å². The number of benzene rings is 1. The predicted octanol–water partition coefficient (Wildman–Crippen LogP) is 1.73. The molecule has 1 aliphatic heterocycles. The van der Waals surface area contributed by atoms with E-state index in [0.717, 1.165) is 19.4 Å². The van der Waals surface area contributed by atoms with Crippen LogP contribution >= 0.6 is 0 Å². The van der Waals surface area contributed by atoms with Gasteiger partial charge in [-0.3, -0.25) is 0 Å². The summed E-state index contributed by atoms with van der Waals surface area (Å²) < 4.78 is 0. The highest BCUT2D eigenvalue weighted by molar-refractivity contribution is 5.17. The Morgan fingerprint density at radius 2 is 2.13 bits per heavy atom. The fourth-order valence-corrected chi connectivity index (χ4v) is 2.35. The first kappa shape index (κ1) is 10.7. The number of hydrogen-bond acceptors (Lipinski definition) is 2. The summed E-state index contributed by atoms with van der Waals surface area (Å²) in [5.74, 6) is 0. The molecule has 2 N–H and O–H groups in total. The molecule has 1 aromatic carbocycles. The van der Waals surface area contributed by atoms with Crippen LogP contribution in [0.4, 0.5) is 0 Å². The Morgan fingerprint density at radius 1 is 1.40 bits per heavy atom. The molecule has 2 heteroatoms. The molecule has 82 valence electrons. The summed E-state index contributed by atoms with van der Waals surface area (Å²) >= 11 is 0. The maximum Gasteiger partial charge on any atom is 0.0812 e. The summed E-state index contributed by atoms with van der Waals surface area (Å²) in [6.07, 6.45) is 2.99. The van der Waals surface area contributed by atoms with Gasteiger partial charge in [0.05, 0.1) is 5.60 Å². The highest BCUT2D eigenvalue weighted by Gasteiger charge is 2.33. The van der Waals surface area contributed by atoms with Gasteiger partial charge < -0.3 is 10.4 Å². The molecule has 0 spiro atoms. The molecule has 2 rings (SSSR count). The normalized spacial score (nSPS) is 25.1. The van der Waals surface area contributed by atoms with Crippen molar-refractivity contribution in [3.8, 4) is 0 Å². The van der Waals surface area contributed by atoms with Gasteiger partial charge in [0.2, 0.25) is 0 Å². The van der Waals surface area contributed by atoms with Crippen LogP contribution in [0.25, 0.3) is 0 Å². The van der Waals surface area contributed by atoms with Crippen molar-refractivity contribution in [2.24, 2.45) is 0 Å². The first-order valence-corrected chi connectivity index (χ1v) is 5.68. The Hall–Kier alpha value is -0.860. The second kappa shape index (κ2) is 4.33. The molecule has 1 aromatic rings. The van der Waals surface area contributed by atoms with Gasteiger partial charge in [-0.05, 0) is 31.9 Å². The average Bonchev–Trinajstić information content (AvgIpc) is 2.71. The Labute approximate surface area is 91.3 Å². The summed E-state index contributed by atoms with van der Waals surface area (Å²) in [6.45, 7) is 2.97. The van der Waals surface area contributed by atoms with E-state index in [-0.39, 0.29) is 6.04 Å². The van der Waals surface area contributed by atoms with Crippen molar-refractivity contribution >= 4 is 0 Å². The molecular weight excluding hydrogens is 186 g/mol. The van der Waals surface area contributed by atoms with Gasteiger partial charge in [0.25, 0.3) is 0 Å². The molecule has 0 radical (unpaired) electrons. The smallest absolute Gasteiger partial charge is 0.0812 e. The number of rotatable bonds is 3. The van der Waals surface area contributed by atoms with Gasteiger partial charge in [-0.2, -0.15) is 0 Å². The maximum absolute atomic E-state index is 10.4. The average molecular weight is 205 g/mol. The van der Waals surface area contributed by atoms with E-state index in [1.54, 1.807) is 0 Å². The van der Waals surface area contributed by atoms with Gasteiger partial charge in [0, 0.05) is 12.5 Å². The number of hydrogen-bond donors (Lipinski definition) is 2. The van der Waals surface area contributed by atoms with E-state index >= 15 is 0 Å². The highest BCUT2D eigenvalue weighted by Crippen LogP contribution is 2.23. The third kappa shape index (κ3) is 2.58. The molecule has 15 heavy (non-hydrogen) atoms. The van der Waals surface area contributed by atoms with Gasteiger partial charge in [-0.25, -0.2) is 0 Å². The van der Waals surface area contributed by atoms with Crippen LogP contribution in [0.1, 0.15) is 25.3 Å². The van der Waals surface area contributed by atoms with Crippen LogP contribution in [-0.4, -0.2) is 23.3 Å². The van der Waals surface area contributed by atoms with Crippen molar-refractivity contribution in [3.05, 3.63) is 35.9 Å². The van der Waals surface area contributed by atoms with Crippen molar-refractivity contribution in [1.29, 1.82) is 0 Å². The molecule has 1 unspecified atom stereocenters. The molecule has 1 heterocycles. The molecule has 2 atom stereocenters. The zero-order valence-corrected chi connectivity index (χ0v) is 9.24. The summed E-state index contributed by atoms with van der Waals surface area (Å²) in [4.78, 5) is 0. The van der Waals surface area contributed by atoms with Gasteiger partial charge in [-0.1, -0.05) is 30.3 Å². The maximum atomic E-state index is 10.4. The molecular formula is C13H19NO. The van der Waals surface area contributed by atoms with E-state index in [1.807, 2.05) is 25.1 Å². The predicted molar refractivity (Wildman–Crippen MR) is 61.8 cm³/mol. The standard InChI is InChI=1S/C13H19NO/c1-13(15,12-8-5-9-14-12)10-11-6-3-2-4-7-11/h2-4,6-7,12,14-15H,5,8-10H2,1H3/t12?,13-/m1/s1. The Kier molecular flexibility index (Phi) is 3.08. The molecule has 0 aromatic heterocycles. The monoisotopic (exact) mass is 205 g/mol. The van der Waals surface area contributed by atoms with E-state index in [2.05, 4.69) is 17.4 Å². The minimum atomic E-state index is -0.627. The number of nitrogens with one attached hydrogen (secondary N) is 1. The Balaban J connectivity index is 2.03. The lowest BCUT2D eigenvalue weighted by Gasteiger charge is -2.30. The van der Waals surface area contributed by atoms with E-state index in [1.165, 1.54) is 12.0 Å². The zero-order chi connectivity index (χ0) is 10.7. The van der Waals surface area contributed by atoms with Crippen LogP contribution < -0.4 is 5.32 Å². The Morgan fingerprint density at radius 3 is 2.73 bits per heavy atom. The molecule has 0 aliphatic carbocycles. The van der Waals surface area contributed by atoms with Crippen molar-refractivity contribution in [2.75, 3.05) is 6.54 Å². The van der Waals surface area contributed by atoms with Crippen molar-refractivity contribution in [3.63, 3.8) is 0 Å². The van der Waals surface area contributed by atoms with Crippen LogP contribution in [-0.2, 0) is 6.42 Å². The van der Waals surface area contributed by atoms with Crippen LogP contribution in [0.15, 0.2) is 30.3 Å². The first-order chi connectivity index (χ1) is 7.18. The quantitative estimate of drug-likeness (QED) is 0.787. The highest BCUT2D eigenvalue weighted by atomic mass is 16.3. The van der Waals surface area contributed by atoms with Crippen LogP contribution in [0.2, 0.25) is 0 Å². The minimum Gasteiger partial charge on any atom is -0.388 e. The van der Waals surface area contributed by atoms with Gasteiger partial charge >= 0.3 is 0 Å². The second-order valence-corrected chi connectivity index (χ2v) is 4.67. The van der Waals surface area contributed by atoms with Gasteiger partial charge in [0.15, 0.2) is 0 Å². The fourth-order valence-electron chi connectivity index (χ4n) is 2.35. The summed E-state index contributed by atoms with van der Waals surface area (Å²) in [5, 5.41) is 13.8. The van der Waals surface area contributed by atoms with Gasteiger partial charge in [0.1, 0.15) is 0 Å². The van der Waals surface area contributed by atoms with Crippen LogP contribution in [0, 0.1) is 0 Å². The summed E-state index contributed by atoms with van der Waals surface area (Å²) in [7, 11) is 0. The molecule has 1 fully saturated rings. The molecule has 0 amide bonds. The topological polar surface area (TPSA) is 32.3 Å². The minimum absolute atomic E-state index is 0.248. The summed E-state index contributed by atoms with van der Waals surface area (Å²) in [6, 6.07) is 10.4. The molecule has 0 saturated carbocycles. The lowest BCUT2D eigenvalue weighted by atomic mass is 9.88. The molecule has 1 aliphatic rings. The second-order valence-electron chi connectivity index (χ2n) is 4.67. The van der Waals surface area contributed by atoms with Crippen molar-refractivity contribution in [2.45, 2.75) is 37.8 Å². The molecule has 1 saturated heterocycles. The van der Waals surface area contributed by atoms with Crippen molar-refractivity contribution in [1.82, 2.24) is 5.32 Å². The van der Waals surface area contributed by atoms with E-state index < -0.39 is 5.60 Å². The van der Waals surface area contributed by atoms with E-state index in [9.17, 15) is 5.11 Å². The SMILES string of the molecule is C[C@@](O)(Cc1ccccc1)C1CCCN1. The van der Waals surface area contributed by atoms with Gasteiger partial charge in [-0.15, -0.1) is 0 Å². The third-order valence-corrected chi connectivity index (χ3v) is 3.22. The van der Waals surface area contributed by atoms with E-state index in [4.69, 9.17) is 0 Å². The molecule has 2 nitrogen and oxygen atoms in total. The fraction of sp³-hybridized carbons (Fsp3) is 0.538. The molecule has 0 bridgehead atoms.